The summed E-state index contributed by atoms with van der Waals surface area (Å²) < 4.78 is 13.8. The Bertz CT molecular complexity index is 1220. The van der Waals surface area contributed by atoms with Crippen LogP contribution < -0.4 is 10.1 Å². The van der Waals surface area contributed by atoms with Crippen molar-refractivity contribution in [2.45, 2.75) is 83.0 Å². The Hall–Kier alpha value is -3.13. The second-order valence-electron chi connectivity index (χ2n) is 10.6. The molecule has 0 radical (unpaired) electrons. The number of aromatic nitrogens is 4. The summed E-state index contributed by atoms with van der Waals surface area (Å²) >= 11 is 6.37. The summed E-state index contributed by atoms with van der Waals surface area (Å²) in [5.74, 6) is 2.74. The maximum atomic E-state index is 12.5. The second kappa shape index (κ2) is 10.1. The molecule has 2 aromatic heterocycles. The third kappa shape index (κ3) is 5.64. The van der Waals surface area contributed by atoms with Crippen LogP contribution in [0.2, 0.25) is 5.02 Å². The van der Waals surface area contributed by atoms with Crippen LogP contribution in [-0.2, 0) is 17.6 Å². The van der Waals surface area contributed by atoms with Gasteiger partial charge in [0.25, 0.3) is 0 Å². The zero-order valence-electron chi connectivity index (χ0n) is 20.9. The van der Waals surface area contributed by atoms with Crippen LogP contribution in [0.15, 0.2) is 42.6 Å². The molecule has 0 spiro atoms. The first-order valence-electron chi connectivity index (χ1n) is 12.6. The summed E-state index contributed by atoms with van der Waals surface area (Å²) in [6, 6.07) is 11.4. The van der Waals surface area contributed by atoms with E-state index in [2.05, 4.69) is 25.1 Å². The molecule has 0 saturated heterocycles. The molecule has 0 bridgehead atoms. The third-order valence-electron chi connectivity index (χ3n) is 6.62. The van der Waals surface area contributed by atoms with Crippen molar-refractivity contribution in [2.24, 2.45) is 0 Å². The van der Waals surface area contributed by atoms with Crippen LogP contribution in [0.4, 0.5) is 4.79 Å². The molecule has 9 heteroatoms. The van der Waals surface area contributed by atoms with Crippen LogP contribution >= 0.6 is 11.6 Å². The van der Waals surface area contributed by atoms with Crippen LogP contribution in [-0.4, -0.2) is 43.6 Å². The van der Waals surface area contributed by atoms with E-state index < -0.39 is 11.7 Å². The van der Waals surface area contributed by atoms with E-state index in [4.69, 9.17) is 21.1 Å². The van der Waals surface area contributed by atoms with Crippen molar-refractivity contribution in [3.05, 3.63) is 64.8 Å². The van der Waals surface area contributed by atoms with Crippen molar-refractivity contribution in [1.82, 2.24) is 25.1 Å². The first-order chi connectivity index (χ1) is 17.2. The number of amides is 1. The molecule has 3 heterocycles. The molecular formula is C27H32ClN5O3. The number of carbonyl (C=O) groups excluding carboxylic acids is 1. The van der Waals surface area contributed by atoms with E-state index in [1.165, 1.54) is 0 Å². The number of hydrogen-bond donors (Lipinski definition) is 1. The van der Waals surface area contributed by atoms with E-state index in [-0.39, 0.29) is 18.1 Å². The molecule has 36 heavy (non-hydrogen) atoms. The predicted molar refractivity (Wildman–Crippen MR) is 137 cm³/mol. The van der Waals surface area contributed by atoms with Gasteiger partial charge in [-0.2, -0.15) is 0 Å². The summed E-state index contributed by atoms with van der Waals surface area (Å²) in [7, 11) is 0. The fraction of sp³-hybridized carbons (Fsp3) is 0.481. The lowest BCUT2D eigenvalue weighted by Gasteiger charge is -2.28. The number of carbonyl (C=O) groups is 1. The molecule has 1 fully saturated rings. The highest BCUT2D eigenvalue weighted by Gasteiger charge is 2.32. The molecule has 1 aromatic carbocycles. The number of alkyl carbamates (subject to hydrolysis) is 1. The van der Waals surface area contributed by atoms with Gasteiger partial charge >= 0.3 is 6.09 Å². The quantitative estimate of drug-likeness (QED) is 0.505. The fourth-order valence-electron chi connectivity index (χ4n) is 5.09. The van der Waals surface area contributed by atoms with Crippen molar-refractivity contribution >= 4 is 17.7 Å². The minimum atomic E-state index is -0.567. The minimum absolute atomic E-state index is 0.149. The van der Waals surface area contributed by atoms with Crippen LogP contribution in [0, 0.1) is 0 Å². The van der Waals surface area contributed by atoms with E-state index in [0.29, 0.717) is 23.7 Å². The molecule has 1 saturated carbocycles. The van der Waals surface area contributed by atoms with Gasteiger partial charge in [0.2, 0.25) is 5.88 Å². The molecule has 1 aliphatic carbocycles. The summed E-state index contributed by atoms with van der Waals surface area (Å²) in [4.78, 5) is 16.8. The smallest absolute Gasteiger partial charge is 0.407 e. The highest BCUT2D eigenvalue weighted by Crippen LogP contribution is 2.37. The predicted octanol–water partition coefficient (Wildman–Crippen LogP) is 5.41. The topological polar surface area (TPSA) is 91.2 Å². The highest BCUT2D eigenvalue weighted by atomic mass is 35.5. The van der Waals surface area contributed by atoms with E-state index in [0.717, 1.165) is 48.6 Å². The van der Waals surface area contributed by atoms with Gasteiger partial charge in [0.05, 0.1) is 5.69 Å². The molecule has 1 N–H and O–H groups in total. The SMILES string of the molecule is CC(C)(C)OC(=O)NC1Cc2cc(Cl)ccc2-n2c(nnc2C2CCC(Oc3ccccn3)CC2)C1. The molecule has 190 valence electrons. The molecule has 1 atom stereocenters. The normalized spacial score (nSPS) is 21.6. The Balaban J connectivity index is 1.36. The average Bonchev–Trinajstić information content (AvgIpc) is 3.15. The van der Waals surface area contributed by atoms with E-state index in [1.54, 1.807) is 6.20 Å². The van der Waals surface area contributed by atoms with Gasteiger partial charge in [-0.05, 0) is 82.7 Å². The molecule has 5 rings (SSSR count). The number of benzene rings is 1. The average molecular weight is 510 g/mol. The number of fused-ring (bicyclic) bond motifs is 3. The summed E-state index contributed by atoms with van der Waals surface area (Å²) in [5, 5.41) is 12.9. The Morgan fingerprint density at radius 1 is 1.08 bits per heavy atom. The van der Waals surface area contributed by atoms with Gasteiger partial charge in [-0.3, -0.25) is 4.57 Å². The van der Waals surface area contributed by atoms with Crippen LogP contribution in [0.5, 0.6) is 5.88 Å². The molecule has 2 aliphatic rings. The number of nitrogens with zero attached hydrogens (tertiary/aromatic N) is 4. The zero-order chi connectivity index (χ0) is 25.3. The van der Waals surface area contributed by atoms with Gasteiger partial charge in [-0.15, -0.1) is 10.2 Å². The molecule has 3 aromatic rings. The lowest BCUT2D eigenvalue weighted by molar-refractivity contribution is 0.0504. The number of nitrogens with one attached hydrogen (secondary N) is 1. The number of halogens is 1. The van der Waals surface area contributed by atoms with Gasteiger partial charge in [0.15, 0.2) is 0 Å². The van der Waals surface area contributed by atoms with Gasteiger partial charge in [-0.1, -0.05) is 17.7 Å². The van der Waals surface area contributed by atoms with Gasteiger partial charge in [0.1, 0.15) is 23.4 Å². The highest BCUT2D eigenvalue weighted by molar-refractivity contribution is 6.30. The summed E-state index contributed by atoms with van der Waals surface area (Å²) in [6.45, 7) is 5.56. The van der Waals surface area contributed by atoms with Crippen molar-refractivity contribution in [2.75, 3.05) is 0 Å². The third-order valence-corrected chi connectivity index (χ3v) is 6.85. The van der Waals surface area contributed by atoms with Crippen molar-refractivity contribution < 1.29 is 14.3 Å². The largest absolute Gasteiger partial charge is 0.474 e. The molecule has 8 nitrogen and oxygen atoms in total. The Labute approximate surface area is 216 Å². The Morgan fingerprint density at radius 2 is 1.89 bits per heavy atom. The second-order valence-corrected chi connectivity index (χ2v) is 11.0. The minimum Gasteiger partial charge on any atom is -0.474 e. The molecular weight excluding hydrogens is 478 g/mol. The first kappa shape index (κ1) is 24.6. The zero-order valence-corrected chi connectivity index (χ0v) is 21.7. The van der Waals surface area contributed by atoms with E-state index >= 15 is 0 Å². The van der Waals surface area contributed by atoms with Gasteiger partial charge < -0.3 is 14.8 Å². The maximum Gasteiger partial charge on any atom is 0.407 e. The molecule has 1 amide bonds. The lowest BCUT2D eigenvalue weighted by Crippen LogP contribution is -2.41. The number of rotatable bonds is 4. The molecule has 1 unspecified atom stereocenters. The number of pyridine rings is 1. The van der Waals surface area contributed by atoms with Crippen molar-refractivity contribution in [1.29, 1.82) is 0 Å². The lowest BCUT2D eigenvalue weighted by atomic mass is 9.86. The van der Waals surface area contributed by atoms with E-state index in [1.807, 2.05) is 57.2 Å². The van der Waals surface area contributed by atoms with Crippen molar-refractivity contribution in [3.8, 4) is 11.6 Å². The van der Waals surface area contributed by atoms with Crippen LogP contribution in [0.1, 0.15) is 69.6 Å². The van der Waals surface area contributed by atoms with Crippen LogP contribution in [0.25, 0.3) is 5.69 Å². The monoisotopic (exact) mass is 509 g/mol. The maximum absolute atomic E-state index is 12.5. The standard InChI is InChI=1S/C27H32ClN5O3/c1-27(2,3)36-26(34)30-20-15-18-14-19(28)9-12-22(18)33-23(16-20)31-32-25(33)17-7-10-21(11-8-17)35-24-6-4-5-13-29-24/h4-6,9,12-14,17,20-21H,7-8,10-11,15-16H2,1-3H3,(H,30,34). The Morgan fingerprint density at radius 3 is 2.61 bits per heavy atom. The van der Waals surface area contributed by atoms with Crippen LogP contribution in [0.3, 0.4) is 0 Å². The number of ether oxygens (including phenoxy) is 2. The summed E-state index contributed by atoms with van der Waals surface area (Å²) in [5.41, 5.74) is 1.51. The Kier molecular flexibility index (Phi) is 6.88. The molecule has 1 aliphatic heterocycles. The summed E-state index contributed by atoms with van der Waals surface area (Å²) in [6.07, 6.45) is 6.42. The van der Waals surface area contributed by atoms with Gasteiger partial charge in [0, 0.05) is 35.7 Å². The number of hydrogen-bond acceptors (Lipinski definition) is 6. The van der Waals surface area contributed by atoms with Crippen molar-refractivity contribution in [3.63, 3.8) is 0 Å². The fourth-order valence-corrected chi connectivity index (χ4v) is 5.28. The first-order valence-corrected chi connectivity index (χ1v) is 12.9. The van der Waals surface area contributed by atoms with Gasteiger partial charge in [-0.25, -0.2) is 9.78 Å². The van der Waals surface area contributed by atoms with E-state index in [9.17, 15) is 4.79 Å².